The van der Waals surface area contributed by atoms with Gasteiger partial charge in [0.1, 0.15) is 0 Å². The maximum absolute atomic E-state index is 12.0. The maximum atomic E-state index is 12.0. The van der Waals surface area contributed by atoms with Crippen molar-refractivity contribution < 1.29 is 9.59 Å². The fourth-order valence-corrected chi connectivity index (χ4v) is 1.99. The fraction of sp³-hybridized carbons (Fsp3) is 0.429. The number of rotatable bonds is 4. The number of fused-ring (bicyclic) bond motifs is 1. The van der Waals surface area contributed by atoms with Crippen molar-refractivity contribution in [2.24, 2.45) is 0 Å². The van der Waals surface area contributed by atoms with E-state index in [0.29, 0.717) is 18.5 Å². The number of carbonyl (C=O) groups excluding carboxylic acids is 2. The molecule has 0 bridgehead atoms. The van der Waals surface area contributed by atoms with Gasteiger partial charge < -0.3 is 20.9 Å². The largest absolute Gasteiger partial charge is 0.382 e. The van der Waals surface area contributed by atoms with Gasteiger partial charge in [-0.3, -0.25) is 9.59 Å². The van der Waals surface area contributed by atoms with Crippen LogP contribution in [0.4, 0.5) is 11.4 Å². The van der Waals surface area contributed by atoms with E-state index < -0.39 is 0 Å². The Morgan fingerprint density at radius 2 is 1.90 bits per heavy atom. The molecule has 1 aliphatic heterocycles. The number of nitrogens with one attached hydrogen (secondary N) is 3. The van der Waals surface area contributed by atoms with Crippen LogP contribution in [0.3, 0.4) is 0 Å². The molecule has 0 aromatic heterocycles. The van der Waals surface area contributed by atoms with Gasteiger partial charge >= 0.3 is 0 Å². The van der Waals surface area contributed by atoms with Gasteiger partial charge in [-0.1, -0.05) is 0 Å². The van der Waals surface area contributed by atoms with Gasteiger partial charge in [0.2, 0.25) is 5.91 Å². The standard InChI is InChI=1S/C14H20N4O2/c1-18(2)13(19)5-6-17-14(20)10-3-4-11-12(9-10)16-8-7-15-11/h3-4,9,15-16H,5-8H2,1-2H3,(H,17,20). The smallest absolute Gasteiger partial charge is 0.251 e. The zero-order valence-electron chi connectivity index (χ0n) is 11.8. The minimum atomic E-state index is -0.160. The van der Waals surface area contributed by atoms with Crippen LogP contribution in [0, 0.1) is 0 Å². The minimum absolute atomic E-state index is 0.00149. The molecule has 1 aromatic carbocycles. The number of benzene rings is 1. The topological polar surface area (TPSA) is 73.5 Å². The number of anilines is 2. The molecule has 1 aromatic rings. The molecule has 20 heavy (non-hydrogen) atoms. The second-order valence-electron chi connectivity index (χ2n) is 4.91. The summed E-state index contributed by atoms with van der Waals surface area (Å²) in [7, 11) is 3.40. The lowest BCUT2D eigenvalue weighted by Gasteiger charge is -2.20. The van der Waals surface area contributed by atoms with Crippen LogP contribution in [0.1, 0.15) is 16.8 Å². The quantitative estimate of drug-likeness (QED) is 0.758. The van der Waals surface area contributed by atoms with E-state index in [4.69, 9.17) is 0 Å². The van der Waals surface area contributed by atoms with Crippen LogP contribution >= 0.6 is 0 Å². The molecule has 0 aliphatic carbocycles. The lowest BCUT2D eigenvalue weighted by molar-refractivity contribution is -0.128. The van der Waals surface area contributed by atoms with Crippen molar-refractivity contribution in [2.45, 2.75) is 6.42 Å². The van der Waals surface area contributed by atoms with Gasteiger partial charge in [0, 0.05) is 45.7 Å². The summed E-state index contributed by atoms with van der Waals surface area (Å²) in [6.07, 6.45) is 0.309. The van der Waals surface area contributed by atoms with E-state index in [9.17, 15) is 9.59 Å². The SMILES string of the molecule is CN(C)C(=O)CCNC(=O)c1ccc2c(c1)NCCN2. The second kappa shape index (κ2) is 6.27. The van der Waals surface area contributed by atoms with Gasteiger partial charge in [0.15, 0.2) is 0 Å². The van der Waals surface area contributed by atoms with Crippen molar-refractivity contribution in [2.75, 3.05) is 44.4 Å². The minimum Gasteiger partial charge on any atom is -0.382 e. The Labute approximate surface area is 118 Å². The summed E-state index contributed by atoms with van der Waals surface area (Å²) in [4.78, 5) is 24.9. The predicted octanol–water partition coefficient (Wildman–Crippen LogP) is 0.732. The highest BCUT2D eigenvalue weighted by Gasteiger charge is 2.12. The van der Waals surface area contributed by atoms with Crippen molar-refractivity contribution in [3.05, 3.63) is 23.8 Å². The molecule has 0 saturated carbocycles. The van der Waals surface area contributed by atoms with Crippen LogP contribution in [0.5, 0.6) is 0 Å². The first kappa shape index (κ1) is 14.2. The summed E-state index contributed by atoms with van der Waals surface area (Å²) in [6.45, 7) is 2.07. The molecule has 0 saturated heterocycles. The number of amides is 2. The maximum Gasteiger partial charge on any atom is 0.251 e. The van der Waals surface area contributed by atoms with E-state index in [1.807, 2.05) is 12.1 Å². The third kappa shape index (κ3) is 3.40. The monoisotopic (exact) mass is 276 g/mol. The Morgan fingerprint density at radius 3 is 2.60 bits per heavy atom. The Morgan fingerprint density at radius 1 is 1.20 bits per heavy atom. The van der Waals surface area contributed by atoms with Gasteiger partial charge in [0.05, 0.1) is 11.4 Å². The fourth-order valence-electron chi connectivity index (χ4n) is 1.99. The van der Waals surface area contributed by atoms with Crippen LogP contribution in [-0.4, -0.2) is 50.4 Å². The van der Waals surface area contributed by atoms with Gasteiger partial charge in [-0.2, -0.15) is 0 Å². The Kier molecular flexibility index (Phi) is 4.45. The molecular formula is C14H20N4O2. The van der Waals surface area contributed by atoms with E-state index in [2.05, 4.69) is 16.0 Å². The van der Waals surface area contributed by atoms with Crippen LogP contribution in [0.25, 0.3) is 0 Å². The Bertz CT molecular complexity index is 514. The zero-order valence-corrected chi connectivity index (χ0v) is 11.8. The predicted molar refractivity (Wildman–Crippen MR) is 79.1 cm³/mol. The van der Waals surface area contributed by atoms with Gasteiger partial charge in [-0.15, -0.1) is 0 Å². The molecule has 2 rings (SSSR count). The van der Waals surface area contributed by atoms with Gasteiger partial charge in [-0.25, -0.2) is 0 Å². The molecule has 3 N–H and O–H groups in total. The molecule has 6 heteroatoms. The highest BCUT2D eigenvalue weighted by Crippen LogP contribution is 2.25. The lowest BCUT2D eigenvalue weighted by atomic mass is 10.1. The summed E-state index contributed by atoms with van der Waals surface area (Å²) in [5.41, 5.74) is 2.54. The van der Waals surface area contributed by atoms with Crippen LogP contribution in [-0.2, 0) is 4.79 Å². The highest BCUT2D eigenvalue weighted by atomic mass is 16.2. The molecule has 1 aliphatic rings. The number of hydrogen-bond donors (Lipinski definition) is 3. The number of carbonyl (C=O) groups is 2. The van der Waals surface area contributed by atoms with Crippen molar-refractivity contribution in [3.8, 4) is 0 Å². The van der Waals surface area contributed by atoms with Crippen molar-refractivity contribution in [1.29, 1.82) is 0 Å². The molecule has 0 unspecified atom stereocenters. The van der Waals surface area contributed by atoms with E-state index in [-0.39, 0.29) is 11.8 Å². The average Bonchev–Trinajstić information content (AvgIpc) is 2.46. The average molecular weight is 276 g/mol. The van der Waals surface area contributed by atoms with Crippen LogP contribution in [0.2, 0.25) is 0 Å². The van der Waals surface area contributed by atoms with Crippen molar-refractivity contribution in [1.82, 2.24) is 10.2 Å². The molecule has 2 amide bonds. The van der Waals surface area contributed by atoms with E-state index >= 15 is 0 Å². The molecule has 0 radical (unpaired) electrons. The molecule has 108 valence electrons. The first-order chi connectivity index (χ1) is 9.58. The highest BCUT2D eigenvalue weighted by molar-refractivity contribution is 5.96. The lowest BCUT2D eigenvalue weighted by Crippen LogP contribution is -2.30. The van der Waals surface area contributed by atoms with Crippen LogP contribution in [0.15, 0.2) is 18.2 Å². The van der Waals surface area contributed by atoms with E-state index in [0.717, 1.165) is 24.5 Å². The summed E-state index contributed by atoms with van der Waals surface area (Å²) in [6, 6.07) is 5.49. The molecule has 0 fully saturated rings. The summed E-state index contributed by atoms with van der Waals surface area (Å²) >= 11 is 0. The normalized spacial score (nSPS) is 12.7. The molecule has 1 heterocycles. The van der Waals surface area contributed by atoms with Gasteiger partial charge in [0.25, 0.3) is 5.91 Å². The molecule has 0 atom stereocenters. The summed E-state index contributed by atoms with van der Waals surface area (Å²) in [5, 5.41) is 9.26. The van der Waals surface area contributed by atoms with Crippen LogP contribution < -0.4 is 16.0 Å². The Hall–Kier alpha value is -2.24. The second-order valence-corrected chi connectivity index (χ2v) is 4.91. The third-order valence-electron chi connectivity index (χ3n) is 3.16. The van der Waals surface area contributed by atoms with Crippen molar-refractivity contribution >= 4 is 23.2 Å². The number of hydrogen-bond acceptors (Lipinski definition) is 4. The van der Waals surface area contributed by atoms with E-state index in [1.165, 1.54) is 4.90 Å². The molecule has 0 spiro atoms. The number of nitrogens with zero attached hydrogens (tertiary/aromatic N) is 1. The van der Waals surface area contributed by atoms with E-state index in [1.54, 1.807) is 20.2 Å². The van der Waals surface area contributed by atoms with Crippen molar-refractivity contribution in [3.63, 3.8) is 0 Å². The summed E-state index contributed by atoms with van der Waals surface area (Å²) in [5.74, 6) is -0.159. The first-order valence-corrected chi connectivity index (χ1v) is 6.68. The van der Waals surface area contributed by atoms with Gasteiger partial charge in [-0.05, 0) is 18.2 Å². The Balaban J connectivity index is 1.91. The first-order valence-electron chi connectivity index (χ1n) is 6.68. The molecular weight excluding hydrogens is 256 g/mol. The zero-order chi connectivity index (χ0) is 14.5. The molecule has 6 nitrogen and oxygen atoms in total. The third-order valence-corrected chi connectivity index (χ3v) is 3.16. The summed E-state index contributed by atoms with van der Waals surface area (Å²) < 4.78 is 0.